The second-order valence-corrected chi connectivity index (χ2v) is 8.60. The van der Waals surface area contributed by atoms with E-state index >= 15 is 0 Å². The van der Waals surface area contributed by atoms with Gasteiger partial charge in [0.15, 0.2) is 0 Å². The van der Waals surface area contributed by atoms with E-state index < -0.39 is 10.0 Å². The molecule has 0 unspecified atom stereocenters. The van der Waals surface area contributed by atoms with Crippen LogP contribution < -0.4 is 4.74 Å². The predicted molar refractivity (Wildman–Crippen MR) is 100 cm³/mol. The van der Waals surface area contributed by atoms with Crippen LogP contribution in [0, 0.1) is 20.8 Å². The topological polar surface area (TPSA) is 95.6 Å². The second kappa shape index (κ2) is 7.32. The van der Waals surface area contributed by atoms with Gasteiger partial charge in [-0.15, -0.1) is 0 Å². The van der Waals surface area contributed by atoms with Crippen molar-refractivity contribution in [1.82, 2.24) is 19.4 Å². The summed E-state index contributed by atoms with van der Waals surface area (Å²) in [6.07, 6.45) is 0. The number of nitrogens with zero attached hydrogens (tertiary/aromatic N) is 3. The number of nitrogens with one attached hydrogen (secondary N) is 1. The van der Waals surface area contributed by atoms with Crippen LogP contribution in [0.4, 0.5) is 0 Å². The number of hydrogen-bond acceptors (Lipinski definition) is 5. The first-order valence-electron chi connectivity index (χ1n) is 8.70. The molecule has 146 valence electrons. The molecule has 27 heavy (non-hydrogen) atoms. The summed E-state index contributed by atoms with van der Waals surface area (Å²) in [7, 11) is -2.08. The van der Waals surface area contributed by atoms with Gasteiger partial charge in [-0.05, 0) is 50.1 Å². The van der Waals surface area contributed by atoms with E-state index in [0.29, 0.717) is 40.6 Å². The Morgan fingerprint density at radius 3 is 2.15 bits per heavy atom. The lowest BCUT2D eigenvalue weighted by atomic mass is 10.1. The van der Waals surface area contributed by atoms with Gasteiger partial charge in [-0.3, -0.25) is 9.89 Å². The number of carbonyl (C=O) groups excluding carboxylic acids is 1. The number of hydrogen-bond donors (Lipinski definition) is 1. The van der Waals surface area contributed by atoms with Gasteiger partial charge in [0, 0.05) is 31.9 Å². The maximum atomic E-state index is 13.1. The number of methoxy groups -OCH3 is 1. The van der Waals surface area contributed by atoms with Crippen molar-refractivity contribution in [2.45, 2.75) is 25.7 Å². The first-order chi connectivity index (χ1) is 12.7. The first-order valence-corrected chi connectivity index (χ1v) is 10.1. The summed E-state index contributed by atoms with van der Waals surface area (Å²) in [6, 6.07) is 5.13. The molecule has 0 atom stereocenters. The second-order valence-electron chi connectivity index (χ2n) is 6.72. The van der Waals surface area contributed by atoms with Crippen LogP contribution in [0.3, 0.4) is 0 Å². The minimum atomic E-state index is -3.64. The lowest BCUT2D eigenvalue weighted by Crippen LogP contribution is -2.50. The van der Waals surface area contributed by atoms with Crippen LogP contribution in [-0.2, 0) is 10.0 Å². The molecule has 1 fully saturated rings. The Morgan fingerprint density at radius 2 is 1.67 bits per heavy atom. The average molecular weight is 392 g/mol. The van der Waals surface area contributed by atoms with E-state index in [4.69, 9.17) is 4.74 Å². The van der Waals surface area contributed by atoms with E-state index in [-0.39, 0.29) is 19.0 Å². The molecule has 0 bridgehead atoms. The summed E-state index contributed by atoms with van der Waals surface area (Å²) in [5.74, 6) is 0.446. The standard InChI is InChI=1S/C18H24N4O4S/c1-12-9-15(26-4)10-13(2)17(12)27(24,25)22-7-5-21(6-8-22)18(23)16-11-14(3)19-20-16/h9-11H,5-8H2,1-4H3,(H,19,20). The first kappa shape index (κ1) is 19.4. The van der Waals surface area contributed by atoms with Crippen LogP contribution in [-0.4, -0.2) is 67.0 Å². The van der Waals surface area contributed by atoms with E-state index in [1.54, 1.807) is 44.1 Å². The Bertz CT molecular complexity index is 936. The summed E-state index contributed by atoms with van der Waals surface area (Å²) in [6.45, 7) is 6.53. The minimum absolute atomic E-state index is 0.187. The average Bonchev–Trinajstić information content (AvgIpc) is 3.06. The highest BCUT2D eigenvalue weighted by molar-refractivity contribution is 7.89. The van der Waals surface area contributed by atoms with Gasteiger partial charge in [0.25, 0.3) is 5.91 Å². The third-order valence-electron chi connectivity index (χ3n) is 4.72. The van der Waals surface area contributed by atoms with Crippen LogP contribution in [0.15, 0.2) is 23.1 Å². The molecule has 8 nitrogen and oxygen atoms in total. The number of sulfonamides is 1. The van der Waals surface area contributed by atoms with Gasteiger partial charge in [-0.2, -0.15) is 9.40 Å². The molecule has 1 amide bonds. The number of piperazine rings is 1. The van der Waals surface area contributed by atoms with Crippen LogP contribution in [0.5, 0.6) is 5.75 Å². The van der Waals surface area contributed by atoms with Crippen molar-refractivity contribution in [1.29, 1.82) is 0 Å². The molecular formula is C18H24N4O4S. The quantitative estimate of drug-likeness (QED) is 0.851. The smallest absolute Gasteiger partial charge is 0.274 e. The Kier molecular flexibility index (Phi) is 5.25. The molecule has 1 aromatic heterocycles. The number of ether oxygens (including phenoxy) is 1. The van der Waals surface area contributed by atoms with E-state index in [0.717, 1.165) is 5.69 Å². The van der Waals surface area contributed by atoms with Crippen LogP contribution in [0.1, 0.15) is 27.3 Å². The molecule has 1 N–H and O–H groups in total. The zero-order valence-electron chi connectivity index (χ0n) is 15.9. The SMILES string of the molecule is COc1cc(C)c(S(=O)(=O)N2CCN(C(=O)c3cc(C)[nH]n3)CC2)c(C)c1. The highest BCUT2D eigenvalue weighted by Crippen LogP contribution is 2.28. The molecule has 0 radical (unpaired) electrons. The van der Waals surface area contributed by atoms with Gasteiger partial charge in [0.2, 0.25) is 10.0 Å². The fraction of sp³-hybridized carbons (Fsp3) is 0.444. The molecule has 1 aliphatic rings. The summed E-state index contributed by atoms with van der Waals surface area (Å²) in [5.41, 5.74) is 2.46. The van der Waals surface area contributed by atoms with Crippen LogP contribution >= 0.6 is 0 Å². The van der Waals surface area contributed by atoms with Crippen molar-refractivity contribution < 1.29 is 17.9 Å². The van der Waals surface area contributed by atoms with Gasteiger partial charge in [0.05, 0.1) is 12.0 Å². The molecule has 3 rings (SSSR count). The lowest BCUT2D eigenvalue weighted by Gasteiger charge is -2.34. The normalized spacial score (nSPS) is 15.8. The van der Waals surface area contributed by atoms with Crippen LogP contribution in [0.2, 0.25) is 0 Å². The number of benzene rings is 1. The number of carbonyl (C=O) groups is 1. The van der Waals surface area contributed by atoms with Crippen molar-refractivity contribution in [2.24, 2.45) is 0 Å². The van der Waals surface area contributed by atoms with Gasteiger partial charge < -0.3 is 9.64 Å². The summed E-state index contributed by atoms with van der Waals surface area (Å²) >= 11 is 0. The van der Waals surface area contributed by atoms with Gasteiger partial charge in [0.1, 0.15) is 11.4 Å². The monoisotopic (exact) mass is 392 g/mol. The number of amides is 1. The van der Waals surface area contributed by atoms with Crippen molar-refractivity contribution in [2.75, 3.05) is 33.3 Å². The van der Waals surface area contributed by atoms with Crippen molar-refractivity contribution in [3.8, 4) is 5.75 Å². The Hall–Kier alpha value is -2.39. The zero-order valence-corrected chi connectivity index (χ0v) is 16.8. The van der Waals surface area contributed by atoms with E-state index in [9.17, 15) is 13.2 Å². The molecule has 9 heteroatoms. The molecule has 1 aromatic carbocycles. The molecular weight excluding hydrogens is 368 g/mol. The number of aromatic amines is 1. The fourth-order valence-electron chi connectivity index (χ4n) is 3.39. The minimum Gasteiger partial charge on any atom is -0.497 e. The number of aryl methyl sites for hydroxylation is 3. The Balaban J connectivity index is 1.76. The third-order valence-corrected chi connectivity index (χ3v) is 6.92. The molecule has 0 saturated carbocycles. The third kappa shape index (κ3) is 3.70. The number of H-pyrrole nitrogens is 1. The molecule has 1 aliphatic heterocycles. The maximum Gasteiger partial charge on any atom is 0.274 e. The molecule has 1 saturated heterocycles. The molecule has 2 aromatic rings. The van der Waals surface area contributed by atoms with Gasteiger partial charge in [-0.1, -0.05) is 0 Å². The van der Waals surface area contributed by atoms with Crippen molar-refractivity contribution in [3.63, 3.8) is 0 Å². The van der Waals surface area contributed by atoms with Crippen molar-refractivity contribution >= 4 is 15.9 Å². The molecule has 2 heterocycles. The molecule has 0 spiro atoms. The van der Waals surface area contributed by atoms with Crippen molar-refractivity contribution in [3.05, 3.63) is 40.7 Å². The number of rotatable bonds is 4. The van der Waals surface area contributed by atoms with E-state index in [2.05, 4.69) is 10.2 Å². The van der Waals surface area contributed by atoms with Gasteiger partial charge in [-0.25, -0.2) is 8.42 Å². The highest BCUT2D eigenvalue weighted by Gasteiger charge is 2.33. The summed E-state index contributed by atoms with van der Waals surface area (Å²) in [4.78, 5) is 14.4. The lowest BCUT2D eigenvalue weighted by molar-refractivity contribution is 0.0692. The van der Waals surface area contributed by atoms with E-state index in [1.165, 1.54) is 4.31 Å². The highest BCUT2D eigenvalue weighted by atomic mass is 32.2. The zero-order chi connectivity index (χ0) is 19.8. The van der Waals surface area contributed by atoms with E-state index in [1.807, 2.05) is 6.92 Å². The largest absolute Gasteiger partial charge is 0.497 e. The van der Waals surface area contributed by atoms with Crippen LogP contribution in [0.25, 0.3) is 0 Å². The Labute approximate surface area is 159 Å². The maximum absolute atomic E-state index is 13.1. The summed E-state index contributed by atoms with van der Waals surface area (Å²) in [5, 5.41) is 6.74. The Morgan fingerprint density at radius 1 is 1.07 bits per heavy atom. The number of aromatic nitrogens is 2. The fourth-order valence-corrected chi connectivity index (χ4v) is 5.22. The predicted octanol–water partition coefficient (Wildman–Crippen LogP) is 1.49. The summed E-state index contributed by atoms with van der Waals surface area (Å²) < 4.78 is 32.9. The van der Waals surface area contributed by atoms with Gasteiger partial charge >= 0.3 is 0 Å². The molecule has 0 aliphatic carbocycles.